The lowest BCUT2D eigenvalue weighted by molar-refractivity contribution is -0.136. The lowest BCUT2D eigenvalue weighted by Crippen LogP contribution is -2.13. The van der Waals surface area contributed by atoms with Crippen molar-refractivity contribution in [2.75, 3.05) is 25.2 Å². The van der Waals surface area contributed by atoms with E-state index in [-0.39, 0.29) is 18.8 Å². The van der Waals surface area contributed by atoms with Gasteiger partial charge in [-0.3, -0.25) is 9.00 Å². The molecule has 100 valence electrons. The van der Waals surface area contributed by atoms with E-state index in [4.69, 9.17) is 14.6 Å². The van der Waals surface area contributed by atoms with E-state index in [9.17, 15) is 9.00 Å². The number of benzene rings is 1. The fourth-order valence-corrected chi connectivity index (χ4v) is 2.16. The van der Waals surface area contributed by atoms with Crippen molar-refractivity contribution >= 4 is 16.8 Å². The fourth-order valence-electron chi connectivity index (χ4n) is 1.29. The van der Waals surface area contributed by atoms with E-state index in [1.807, 2.05) is 12.1 Å². The highest BCUT2D eigenvalue weighted by Crippen LogP contribution is 2.25. The summed E-state index contributed by atoms with van der Waals surface area (Å²) >= 11 is 0. The van der Waals surface area contributed by atoms with Crippen molar-refractivity contribution in [1.29, 1.82) is 0 Å². The van der Waals surface area contributed by atoms with Gasteiger partial charge < -0.3 is 14.6 Å². The second-order valence-electron chi connectivity index (χ2n) is 3.49. The van der Waals surface area contributed by atoms with Gasteiger partial charge in [-0.25, -0.2) is 0 Å². The summed E-state index contributed by atoms with van der Waals surface area (Å²) in [5.41, 5.74) is 0. The van der Waals surface area contributed by atoms with Gasteiger partial charge in [0, 0.05) is 16.6 Å². The molecule has 0 aliphatic carbocycles. The highest BCUT2D eigenvalue weighted by molar-refractivity contribution is 7.85. The lowest BCUT2D eigenvalue weighted by Gasteiger charge is -2.09. The zero-order valence-electron chi connectivity index (χ0n) is 10.1. The zero-order valence-corrected chi connectivity index (χ0v) is 10.9. The number of rotatable bonds is 8. The summed E-state index contributed by atoms with van der Waals surface area (Å²) in [7, 11) is 0.379. The Morgan fingerprint density at radius 2 is 1.94 bits per heavy atom. The molecular formula is C12H16O5S. The van der Waals surface area contributed by atoms with Crippen LogP contribution >= 0.6 is 0 Å². The van der Waals surface area contributed by atoms with Gasteiger partial charge in [0.25, 0.3) is 0 Å². The van der Waals surface area contributed by atoms with E-state index in [0.29, 0.717) is 17.3 Å². The highest BCUT2D eigenvalue weighted by atomic mass is 32.2. The third-order valence-electron chi connectivity index (χ3n) is 2.18. The minimum atomic E-state index is -1.17. The quantitative estimate of drug-likeness (QED) is 0.772. The van der Waals surface area contributed by atoms with Gasteiger partial charge in [0.15, 0.2) is 11.5 Å². The Bertz CT molecular complexity index is 419. The van der Waals surface area contributed by atoms with Crippen molar-refractivity contribution in [3.05, 3.63) is 24.3 Å². The van der Waals surface area contributed by atoms with E-state index in [1.54, 1.807) is 19.2 Å². The molecule has 1 unspecified atom stereocenters. The maximum Gasteiger partial charge on any atom is 0.304 e. The predicted octanol–water partition coefficient (Wildman–Crippen LogP) is 1.30. The summed E-state index contributed by atoms with van der Waals surface area (Å²) in [6.45, 7) is 0.270. The smallest absolute Gasteiger partial charge is 0.304 e. The first-order valence-corrected chi connectivity index (χ1v) is 6.95. The third kappa shape index (κ3) is 5.18. The molecule has 1 aromatic rings. The first kappa shape index (κ1) is 14.5. The number of carboxylic acid groups (broad SMARTS) is 1. The molecule has 0 saturated heterocycles. The molecule has 1 rings (SSSR count). The van der Waals surface area contributed by atoms with Crippen molar-refractivity contribution in [2.45, 2.75) is 6.42 Å². The number of methoxy groups -OCH3 is 1. The van der Waals surface area contributed by atoms with Crippen LogP contribution in [0.3, 0.4) is 0 Å². The molecule has 0 aliphatic rings. The summed E-state index contributed by atoms with van der Waals surface area (Å²) < 4.78 is 22.0. The minimum absolute atomic E-state index is 0.0821. The Kier molecular flexibility index (Phi) is 6.21. The van der Waals surface area contributed by atoms with Gasteiger partial charge in [-0.2, -0.15) is 0 Å². The van der Waals surface area contributed by atoms with E-state index < -0.39 is 16.8 Å². The van der Waals surface area contributed by atoms with Crippen molar-refractivity contribution in [2.24, 2.45) is 0 Å². The molecule has 6 heteroatoms. The van der Waals surface area contributed by atoms with Crippen LogP contribution in [0.25, 0.3) is 0 Å². The average Bonchev–Trinajstić information content (AvgIpc) is 2.37. The second-order valence-corrected chi connectivity index (χ2v) is 5.19. The van der Waals surface area contributed by atoms with Crippen molar-refractivity contribution in [3.63, 3.8) is 0 Å². The number of aliphatic carboxylic acids is 1. The highest BCUT2D eigenvalue weighted by Gasteiger charge is 2.06. The molecule has 0 spiro atoms. The van der Waals surface area contributed by atoms with Crippen LogP contribution in [-0.4, -0.2) is 40.5 Å². The normalized spacial score (nSPS) is 11.8. The van der Waals surface area contributed by atoms with E-state index in [2.05, 4.69) is 0 Å². The topological polar surface area (TPSA) is 72.8 Å². The van der Waals surface area contributed by atoms with Crippen LogP contribution in [0.15, 0.2) is 24.3 Å². The Morgan fingerprint density at radius 1 is 1.28 bits per heavy atom. The van der Waals surface area contributed by atoms with Crippen LogP contribution in [0.2, 0.25) is 0 Å². The molecule has 1 atom stereocenters. The van der Waals surface area contributed by atoms with Gasteiger partial charge in [-0.15, -0.1) is 0 Å². The number of carboxylic acids is 1. The van der Waals surface area contributed by atoms with Crippen molar-refractivity contribution in [3.8, 4) is 11.5 Å². The summed E-state index contributed by atoms with van der Waals surface area (Å²) in [4.78, 5) is 10.3. The number of para-hydroxylation sites is 2. The first-order valence-electron chi connectivity index (χ1n) is 5.46. The van der Waals surface area contributed by atoms with E-state index >= 15 is 0 Å². The Balaban J connectivity index is 2.33. The van der Waals surface area contributed by atoms with Crippen LogP contribution in [0.1, 0.15) is 6.42 Å². The molecule has 0 heterocycles. The van der Waals surface area contributed by atoms with Gasteiger partial charge in [-0.1, -0.05) is 12.1 Å². The number of ether oxygens (including phenoxy) is 2. The van der Waals surface area contributed by atoms with Gasteiger partial charge in [0.05, 0.1) is 25.9 Å². The monoisotopic (exact) mass is 272 g/mol. The van der Waals surface area contributed by atoms with Gasteiger partial charge in [0.1, 0.15) is 0 Å². The van der Waals surface area contributed by atoms with E-state index in [1.165, 1.54) is 0 Å². The summed E-state index contributed by atoms with van der Waals surface area (Å²) in [6, 6.07) is 7.19. The van der Waals surface area contributed by atoms with E-state index in [0.717, 1.165) is 0 Å². The summed E-state index contributed by atoms with van der Waals surface area (Å²) in [5.74, 6) is 0.744. The third-order valence-corrected chi connectivity index (χ3v) is 3.46. The van der Waals surface area contributed by atoms with Gasteiger partial charge >= 0.3 is 5.97 Å². The largest absolute Gasteiger partial charge is 0.493 e. The minimum Gasteiger partial charge on any atom is -0.493 e. The molecule has 0 aliphatic heterocycles. The second kappa shape index (κ2) is 7.71. The summed E-state index contributed by atoms with van der Waals surface area (Å²) in [6.07, 6.45) is -0.0821. The zero-order chi connectivity index (χ0) is 13.4. The molecule has 0 amide bonds. The van der Waals surface area contributed by atoms with Crippen LogP contribution in [-0.2, 0) is 15.6 Å². The molecule has 0 fully saturated rings. The molecule has 0 saturated carbocycles. The maximum absolute atomic E-state index is 11.4. The molecule has 18 heavy (non-hydrogen) atoms. The molecule has 0 aromatic heterocycles. The van der Waals surface area contributed by atoms with Crippen LogP contribution < -0.4 is 9.47 Å². The Labute approximate surface area is 108 Å². The molecule has 1 aromatic carbocycles. The molecule has 0 radical (unpaired) electrons. The number of hydrogen-bond acceptors (Lipinski definition) is 4. The average molecular weight is 272 g/mol. The standard InChI is InChI=1S/C12H16O5S/c1-16-10-4-2-3-5-11(10)17-7-9-18(15)8-6-12(13)14/h2-5H,6-9H2,1H3,(H,13,14). The number of carbonyl (C=O) groups is 1. The molecule has 5 nitrogen and oxygen atoms in total. The van der Waals surface area contributed by atoms with Crippen LogP contribution in [0.5, 0.6) is 11.5 Å². The molecule has 1 N–H and O–H groups in total. The lowest BCUT2D eigenvalue weighted by atomic mass is 10.3. The first-order chi connectivity index (χ1) is 8.63. The van der Waals surface area contributed by atoms with Crippen LogP contribution in [0, 0.1) is 0 Å². The van der Waals surface area contributed by atoms with Crippen molar-refractivity contribution < 1.29 is 23.6 Å². The Hall–Kier alpha value is -1.56. The molecular weight excluding hydrogens is 256 g/mol. The van der Waals surface area contributed by atoms with Crippen LogP contribution in [0.4, 0.5) is 0 Å². The fraction of sp³-hybridized carbons (Fsp3) is 0.417. The van der Waals surface area contributed by atoms with Crippen molar-refractivity contribution in [1.82, 2.24) is 0 Å². The molecule has 0 bridgehead atoms. The Morgan fingerprint density at radius 3 is 2.56 bits per heavy atom. The predicted molar refractivity (Wildman–Crippen MR) is 68.6 cm³/mol. The number of hydrogen-bond donors (Lipinski definition) is 1. The SMILES string of the molecule is COc1ccccc1OCCS(=O)CCC(=O)O. The summed E-state index contributed by atoms with van der Waals surface area (Å²) in [5, 5.41) is 8.45. The maximum atomic E-state index is 11.4. The van der Waals surface area contributed by atoms with Gasteiger partial charge in [-0.05, 0) is 12.1 Å². The van der Waals surface area contributed by atoms with Gasteiger partial charge in [0.2, 0.25) is 0 Å².